The van der Waals surface area contributed by atoms with Crippen molar-refractivity contribution in [2.45, 2.75) is 31.9 Å². The average Bonchev–Trinajstić information content (AvgIpc) is 3.32. The molecule has 0 bridgehead atoms. The molecule has 0 aliphatic heterocycles. The minimum atomic E-state index is -4.52. The first kappa shape index (κ1) is 28.5. The van der Waals surface area contributed by atoms with E-state index in [2.05, 4.69) is 25.7 Å². The van der Waals surface area contributed by atoms with Gasteiger partial charge in [-0.3, -0.25) is 9.89 Å². The van der Waals surface area contributed by atoms with Crippen molar-refractivity contribution >= 4 is 28.0 Å². The van der Waals surface area contributed by atoms with Crippen molar-refractivity contribution in [3.05, 3.63) is 95.6 Å². The zero-order chi connectivity index (χ0) is 28.5. The Morgan fingerprint density at radius 2 is 1.82 bits per heavy atom. The van der Waals surface area contributed by atoms with Gasteiger partial charge < -0.3 is 10.1 Å². The number of amides is 1. The molecule has 0 aliphatic carbocycles. The summed E-state index contributed by atoms with van der Waals surface area (Å²) in [6.07, 6.45) is -0.307. The number of hydrogen-bond acceptors (Lipinski definition) is 5. The summed E-state index contributed by atoms with van der Waals surface area (Å²) in [7, 11) is 1.56. The van der Waals surface area contributed by atoms with Gasteiger partial charge in [0.2, 0.25) is 17.7 Å². The molecule has 0 spiro atoms. The molecule has 2 aromatic heterocycles. The number of benzene rings is 2. The molecule has 208 valence electrons. The highest BCUT2D eigenvalue weighted by molar-refractivity contribution is 5.99. The van der Waals surface area contributed by atoms with Crippen LogP contribution in [0.3, 0.4) is 0 Å². The van der Waals surface area contributed by atoms with Crippen LogP contribution in [0.1, 0.15) is 42.5 Å². The van der Waals surface area contributed by atoms with E-state index >= 15 is 0 Å². The predicted octanol–water partition coefficient (Wildman–Crippen LogP) is 6.25. The van der Waals surface area contributed by atoms with Gasteiger partial charge in [-0.15, -0.1) is 10.2 Å². The predicted molar refractivity (Wildman–Crippen MR) is 144 cm³/mol. The van der Waals surface area contributed by atoms with Crippen LogP contribution in [0.4, 0.5) is 17.6 Å². The van der Waals surface area contributed by atoms with E-state index < -0.39 is 18.5 Å². The molecule has 0 radical (unpaired) electrons. The third-order valence-electron chi connectivity index (χ3n) is 6.02. The molecule has 11 heteroatoms. The van der Waals surface area contributed by atoms with Gasteiger partial charge in [-0.05, 0) is 60.2 Å². The number of halogens is 4. The van der Waals surface area contributed by atoms with Gasteiger partial charge in [0.15, 0.2) is 0 Å². The highest BCUT2D eigenvalue weighted by atomic mass is 19.4. The van der Waals surface area contributed by atoms with E-state index in [-0.39, 0.29) is 34.0 Å². The summed E-state index contributed by atoms with van der Waals surface area (Å²) in [6.45, 7) is 0.351. The van der Waals surface area contributed by atoms with E-state index in [0.717, 1.165) is 6.42 Å². The minimum Gasteiger partial charge on any atom is -0.477 e. The summed E-state index contributed by atoms with van der Waals surface area (Å²) in [5, 5.41) is 17.1. The number of nitrogens with zero attached hydrogens (tertiary/aromatic N) is 3. The van der Waals surface area contributed by atoms with E-state index in [1.165, 1.54) is 18.2 Å². The first-order valence-corrected chi connectivity index (χ1v) is 12.6. The number of ether oxygens (including phenoxy) is 1. The number of carbonyl (C=O) groups is 1. The topological polar surface area (TPSA) is 92.8 Å². The van der Waals surface area contributed by atoms with Gasteiger partial charge >= 0.3 is 6.18 Å². The van der Waals surface area contributed by atoms with Crippen molar-refractivity contribution in [2.24, 2.45) is 0 Å². The van der Waals surface area contributed by atoms with Crippen LogP contribution in [0, 0.1) is 5.95 Å². The number of allylic oxidation sites excluding steroid dienone is 2. The number of H-pyrrole nitrogens is 1. The van der Waals surface area contributed by atoms with Crippen LogP contribution < -0.4 is 10.1 Å². The first-order valence-electron chi connectivity index (χ1n) is 12.6. The third-order valence-corrected chi connectivity index (χ3v) is 6.02. The Bertz CT molecular complexity index is 1500. The second-order valence-corrected chi connectivity index (χ2v) is 8.90. The Morgan fingerprint density at radius 1 is 1.02 bits per heavy atom. The number of hydrogen-bond donors (Lipinski definition) is 2. The molecule has 4 rings (SSSR count). The first-order chi connectivity index (χ1) is 19.2. The molecule has 2 heterocycles. The fourth-order valence-corrected chi connectivity index (χ4v) is 4.13. The molecule has 7 nitrogen and oxygen atoms in total. The fraction of sp³-hybridized carbons (Fsp3) is 0.241. The van der Waals surface area contributed by atoms with E-state index in [0.29, 0.717) is 36.1 Å². The van der Waals surface area contributed by atoms with Crippen LogP contribution >= 0.6 is 0 Å². The van der Waals surface area contributed by atoms with Crippen LogP contribution in [0.25, 0.3) is 22.0 Å². The summed E-state index contributed by atoms with van der Waals surface area (Å²) in [6, 6.07) is 15.9. The number of rotatable bonds is 11. The van der Waals surface area contributed by atoms with E-state index in [9.17, 15) is 22.4 Å². The molecule has 4 aromatic rings. The highest BCUT2D eigenvalue weighted by Gasteiger charge is 2.32. The van der Waals surface area contributed by atoms with Gasteiger partial charge in [0, 0.05) is 18.7 Å². The van der Waals surface area contributed by atoms with Crippen LogP contribution in [0.5, 0.6) is 5.88 Å². The zero-order valence-electron chi connectivity index (χ0n) is 21.6. The van der Waals surface area contributed by atoms with Gasteiger partial charge in [-0.2, -0.15) is 22.7 Å². The Balaban J connectivity index is 1.64. The third kappa shape index (κ3) is 7.52. The maximum atomic E-state index is 14.3. The van der Waals surface area contributed by atoms with Crippen LogP contribution in [0.15, 0.2) is 72.8 Å². The van der Waals surface area contributed by atoms with Crippen LogP contribution in [-0.4, -0.2) is 46.1 Å². The normalized spacial score (nSPS) is 12.5. The summed E-state index contributed by atoms with van der Waals surface area (Å²) >= 11 is 0. The van der Waals surface area contributed by atoms with Gasteiger partial charge in [-0.1, -0.05) is 42.5 Å². The van der Waals surface area contributed by atoms with Gasteiger partial charge in [0.1, 0.15) is 0 Å². The van der Waals surface area contributed by atoms with Gasteiger partial charge in [-0.25, -0.2) is 0 Å². The van der Waals surface area contributed by atoms with Crippen molar-refractivity contribution in [2.75, 3.05) is 13.7 Å². The second kappa shape index (κ2) is 13.0. The van der Waals surface area contributed by atoms with E-state index in [1.807, 2.05) is 0 Å². The standard InChI is InChI=1S/C29H27F4N5O2/c1-34-25(39)11-7-2-3-8-16-40-26-15-14-24(36-37-26)27(20-12-13-23-21(17-20)28(30)38-35-23)22(18-29(31,32)33)19-9-5-4-6-10-19/h4-7,9-15,17H,2-3,8,16,18H2,1H3,(H,34,39)(H,35,38)/b11-7+,27-22-. The SMILES string of the molecule is CNC(=O)/C=C/CCCCOc1ccc(/C(=C(/CC(F)(F)F)c2ccccc2)c2ccc3n[nH]c(F)c3c2)nn1. The smallest absolute Gasteiger partial charge is 0.393 e. The Labute approximate surface area is 228 Å². The van der Waals surface area contributed by atoms with E-state index in [4.69, 9.17) is 4.74 Å². The molecule has 0 aliphatic rings. The minimum absolute atomic E-state index is 0.0240. The Hall–Kier alpha value is -4.54. The number of alkyl halides is 3. The van der Waals surface area contributed by atoms with Gasteiger partial charge in [0.25, 0.3) is 0 Å². The largest absolute Gasteiger partial charge is 0.477 e. The summed E-state index contributed by atoms with van der Waals surface area (Å²) < 4.78 is 61.5. The second-order valence-electron chi connectivity index (χ2n) is 8.90. The zero-order valence-corrected chi connectivity index (χ0v) is 21.6. The lowest BCUT2D eigenvalue weighted by Crippen LogP contribution is -2.13. The molecule has 0 fully saturated rings. The summed E-state index contributed by atoms with van der Waals surface area (Å²) in [5.41, 5.74) is 1.37. The molecule has 40 heavy (non-hydrogen) atoms. The Morgan fingerprint density at radius 3 is 2.52 bits per heavy atom. The quantitative estimate of drug-likeness (QED) is 0.0991. The number of likely N-dealkylation sites (N-methyl/N-ethyl adjacent to an activating group) is 1. The number of fused-ring (bicyclic) bond motifs is 1. The van der Waals surface area contributed by atoms with Crippen molar-refractivity contribution in [3.8, 4) is 5.88 Å². The van der Waals surface area contributed by atoms with Crippen LogP contribution in [-0.2, 0) is 4.79 Å². The van der Waals surface area contributed by atoms with E-state index in [1.54, 1.807) is 61.7 Å². The van der Waals surface area contributed by atoms with Crippen molar-refractivity contribution in [1.82, 2.24) is 25.7 Å². The monoisotopic (exact) mass is 553 g/mol. The van der Waals surface area contributed by atoms with Crippen molar-refractivity contribution < 1.29 is 27.1 Å². The number of nitrogens with one attached hydrogen (secondary N) is 2. The lowest BCUT2D eigenvalue weighted by atomic mass is 9.89. The number of aromatic amines is 1. The van der Waals surface area contributed by atoms with Crippen molar-refractivity contribution in [3.63, 3.8) is 0 Å². The molecule has 0 unspecified atom stereocenters. The fourth-order valence-electron chi connectivity index (χ4n) is 4.13. The maximum absolute atomic E-state index is 14.3. The molecule has 2 aromatic carbocycles. The van der Waals surface area contributed by atoms with Gasteiger partial charge in [0.05, 0.1) is 29.6 Å². The summed E-state index contributed by atoms with van der Waals surface area (Å²) in [5.74, 6) is -0.634. The maximum Gasteiger partial charge on any atom is 0.393 e. The lowest BCUT2D eigenvalue weighted by Gasteiger charge is -2.18. The molecular weight excluding hydrogens is 526 g/mol. The van der Waals surface area contributed by atoms with Crippen LogP contribution in [0.2, 0.25) is 0 Å². The van der Waals surface area contributed by atoms with Crippen molar-refractivity contribution in [1.29, 1.82) is 0 Å². The number of carbonyl (C=O) groups excluding carboxylic acids is 1. The highest BCUT2D eigenvalue weighted by Crippen LogP contribution is 2.39. The number of aromatic nitrogens is 4. The molecule has 2 N–H and O–H groups in total. The molecular formula is C29H27F4N5O2. The molecule has 1 amide bonds. The summed E-state index contributed by atoms with van der Waals surface area (Å²) in [4.78, 5) is 11.2. The number of unbranched alkanes of at least 4 members (excludes halogenated alkanes) is 2. The molecule has 0 atom stereocenters. The molecule has 0 saturated heterocycles. The average molecular weight is 554 g/mol. The lowest BCUT2D eigenvalue weighted by molar-refractivity contribution is -0.123. The Kier molecular flexibility index (Phi) is 9.26. The molecule has 0 saturated carbocycles.